The molecule has 2 fully saturated rings. The molecule has 2 aromatic rings. The van der Waals surface area contributed by atoms with Gasteiger partial charge >= 0.3 is 0 Å². The monoisotopic (exact) mass is 457 g/mol. The average molecular weight is 458 g/mol. The van der Waals surface area contributed by atoms with Crippen LogP contribution >= 0.6 is 11.3 Å². The highest BCUT2D eigenvalue weighted by atomic mass is 32.1. The number of nitrogens with zero attached hydrogens (tertiary/aromatic N) is 3. The second-order valence-electron chi connectivity index (χ2n) is 8.46. The molecule has 1 amide bonds. The van der Waals surface area contributed by atoms with Crippen molar-refractivity contribution < 1.29 is 9.53 Å². The van der Waals surface area contributed by atoms with Crippen LogP contribution in [0.1, 0.15) is 60.9 Å². The van der Waals surface area contributed by atoms with Crippen LogP contribution in [0.4, 0.5) is 5.95 Å². The highest BCUT2D eigenvalue weighted by Gasteiger charge is 2.41. The van der Waals surface area contributed by atoms with Gasteiger partial charge in [-0.2, -0.15) is 0 Å². The van der Waals surface area contributed by atoms with Crippen LogP contribution in [0.15, 0.2) is 18.5 Å². The lowest BCUT2D eigenvalue weighted by atomic mass is 9.82. The molecule has 0 aliphatic carbocycles. The number of likely N-dealkylation sites (tertiary alicyclic amines) is 1. The normalized spacial score (nSPS) is 22.1. The van der Waals surface area contributed by atoms with E-state index in [1.165, 1.54) is 10.4 Å². The average Bonchev–Trinajstić information content (AvgIpc) is 3.45. The van der Waals surface area contributed by atoms with Crippen LogP contribution in [-0.4, -0.2) is 53.1 Å². The molecular weight excluding hydrogens is 422 g/mol. The fraction of sp³-hybridized carbons (Fsp3) is 0.625. The number of nitrogens with one attached hydrogen (secondary N) is 2. The Bertz CT molecular complexity index is 906. The lowest BCUT2D eigenvalue weighted by Crippen LogP contribution is -2.45. The third-order valence-electron chi connectivity index (χ3n) is 6.53. The topological polar surface area (TPSA) is 79.4 Å². The van der Waals surface area contributed by atoms with Crippen LogP contribution in [0.5, 0.6) is 0 Å². The van der Waals surface area contributed by atoms with Crippen LogP contribution in [0.25, 0.3) is 0 Å². The van der Waals surface area contributed by atoms with Gasteiger partial charge in [0.2, 0.25) is 11.9 Å². The predicted molar refractivity (Wildman–Crippen MR) is 128 cm³/mol. The van der Waals surface area contributed by atoms with Crippen molar-refractivity contribution in [2.45, 2.75) is 71.1 Å². The van der Waals surface area contributed by atoms with Gasteiger partial charge in [-0.25, -0.2) is 9.97 Å². The zero-order valence-corrected chi connectivity index (χ0v) is 20.3. The van der Waals surface area contributed by atoms with Crippen molar-refractivity contribution in [3.8, 4) is 0 Å². The number of carbonyl (C=O) groups is 1. The molecule has 5 heterocycles. The minimum Gasteiger partial charge on any atom is -0.370 e. The highest BCUT2D eigenvalue weighted by molar-refractivity contribution is 7.12. The number of aromatic nitrogens is 2. The zero-order valence-electron chi connectivity index (χ0n) is 19.4. The molecule has 2 N–H and O–H groups in total. The first-order valence-electron chi connectivity index (χ1n) is 12.0. The van der Waals surface area contributed by atoms with Crippen LogP contribution in [0.2, 0.25) is 0 Å². The van der Waals surface area contributed by atoms with Crippen molar-refractivity contribution >= 4 is 23.2 Å². The Morgan fingerprint density at radius 2 is 2.03 bits per heavy atom. The molecule has 0 bridgehead atoms. The molecule has 3 aliphatic rings. The summed E-state index contributed by atoms with van der Waals surface area (Å²) in [6.07, 6.45) is 8.76. The van der Waals surface area contributed by atoms with E-state index >= 15 is 0 Å². The van der Waals surface area contributed by atoms with Gasteiger partial charge in [0, 0.05) is 60.3 Å². The Morgan fingerprint density at radius 1 is 1.28 bits per heavy atom. The maximum absolute atomic E-state index is 11.7. The van der Waals surface area contributed by atoms with Gasteiger partial charge in [0.25, 0.3) is 0 Å². The van der Waals surface area contributed by atoms with Crippen LogP contribution in [-0.2, 0) is 34.5 Å². The van der Waals surface area contributed by atoms with E-state index in [4.69, 9.17) is 4.74 Å². The Labute approximate surface area is 195 Å². The molecule has 2 saturated heterocycles. The number of ether oxygens (including phenoxy) is 1. The maximum Gasteiger partial charge on any atom is 0.242 e. The third-order valence-corrected chi connectivity index (χ3v) is 7.87. The molecule has 1 atom stereocenters. The zero-order chi connectivity index (χ0) is 22.6. The van der Waals surface area contributed by atoms with Gasteiger partial charge in [-0.05, 0) is 37.3 Å². The van der Waals surface area contributed by atoms with Crippen molar-refractivity contribution in [3.05, 3.63) is 39.3 Å². The van der Waals surface area contributed by atoms with Gasteiger partial charge in [0.05, 0.1) is 12.2 Å². The molecule has 1 unspecified atom stereocenters. The van der Waals surface area contributed by atoms with Crippen molar-refractivity contribution in [3.63, 3.8) is 0 Å². The van der Waals surface area contributed by atoms with E-state index in [1.807, 2.05) is 37.6 Å². The Kier molecular flexibility index (Phi) is 7.43. The molecule has 0 aromatic carbocycles. The third kappa shape index (κ3) is 4.82. The fourth-order valence-corrected chi connectivity index (χ4v) is 5.97. The first-order valence-corrected chi connectivity index (χ1v) is 12.8. The second-order valence-corrected chi connectivity index (χ2v) is 9.68. The van der Waals surface area contributed by atoms with Gasteiger partial charge in [0.15, 0.2) is 0 Å². The van der Waals surface area contributed by atoms with Crippen LogP contribution < -0.4 is 10.6 Å². The maximum atomic E-state index is 11.7. The Hall–Kier alpha value is -2.03. The number of hydrogen-bond acceptors (Lipinski definition) is 7. The summed E-state index contributed by atoms with van der Waals surface area (Å²) in [5.74, 6) is 0.542. The number of fused-ring (bicyclic) bond motifs is 2. The molecule has 7 nitrogen and oxygen atoms in total. The standard InChI is InChI=1S/C22H29N5O2S.C2H6/c1-2-16-11-17-19(30-16)4-10-29-22(17)5-8-27(9-6-22)14-15-12-24-21(25-13-15)26-18-3-7-23-20(18)28;1-2/h11-13,18H,2-10,14H2,1H3,(H,23,28)(H,24,25,26);1-2H3. The molecule has 0 saturated carbocycles. The SMILES string of the molecule is CC.CCc1cc2c(s1)CCOC21CCN(Cc2cnc(NC3CCNC3=O)nc2)CC1. The van der Waals surface area contributed by atoms with Crippen molar-refractivity contribution in [1.82, 2.24) is 20.2 Å². The second kappa shape index (κ2) is 10.3. The summed E-state index contributed by atoms with van der Waals surface area (Å²) < 4.78 is 6.39. The van der Waals surface area contributed by atoms with Crippen LogP contribution in [0.3, 0.4) is 0 Å². The molecule has 3 aliphatic heterocycles. The summed E-state index contributed by atoms with van der Waals surface area (Å²) in [6, 6.07) is 2.18. The molecule has 2 aromatic heterocycles. The van der Waals surface area contributed by atoms with E-state index < -0.39 is 0 Å². The highest BCUT2D eigenvalue weighted by Crippen LogP contribution is 2.44. The lowest BCUT2D eigenvalue weighted by molar-refractivity contribution is -0.119. The van der Waals surface area contributed by atoms with E-state index in [9.17, 15) is 4.79 Å². The number of amides is 1. The largest absolute Gasteiger partial charge is 0.370 e. The van der Waals surface area contributed by atoms with Gasteiger partial charge in [-0.15, -0.1) is 11.3 Å². The van der Waals surface area contributed by atoms with Gasteiger partial charge < -0.3 is 15.4 Å². The molecule has 1 spiro atoms. The number of piperidine rings is 1. The number of rotatable bonds is 5. The van der Waals surface area contributed by atoms with Crippen LogP contribution in [0, 0.1) is 0 Å². The lowest BCUT2D eigenvalue weighted by Gasteiger charge is -2.44. The predicted octanol–water partition coefficient (Wildman–Crippen LogP) is 3.49. The summed E-state index contributed by atoms with van der Waals surface area (Å²) in [6.45, 7) is 10.7. The summed E-state index contributed by atoms with van der Waals surface area (Å²) in [4.78, 5) is 26.0. The first kappa shape index (κ1) is 23.1. The van der Waals surface area contributed by atoms with E-state index in [2.05, 4.69) is 38.5 Å². The fourth-order valence-electron chi connectivity index (χ4n) is 4.79. The number of aryl methyl sites for hydroxylation is 1. The molecular formula is C24H35N5O2S. The number of anilines is 1. The summed E-state index contributed by atoms with van der Waals surface area (Å²) in [5, 5.41) is 5.93. The van der Waals surface area contributed by atoms with Crippen molar-refractivity contribution in [2.75, 3.05) is 31.6 Å². The Morgan fingerprint density at radius 3 is 2.69 bits per heavy atom. The number of carbonyl (C=O) groups excluding carboxylic acids is 1. The van der Waals surface area contributed by atoms with Crippen molar-refractivity contribution in [2.24, 2.45) is 0 Å². The molecule has 0 radical (unpaired) electrons. The minimum atomic E-state index is -0.222. The van der Waals surface area contributed by atoms with E-state index in [-0.39, 0.29) is 17.6 Å². The molecule has 8 heteroatoms. The smallest absolute Gasteiger partial charge is 0.242 e. The minimum absolute atomic E-state index is 0.0229. The summed E-state index contributed by atoms with van der Waals surface area (Å²) in [7, 11) is 0. The van der Waals surface area contributed by atoms with Gasteiger partial charge in [-0.3, -0.25) is 9.69 Å². The van der Waals surface area contributed by atoms with Gasteiger partial charge in [0.1, 0.15) is 6.04 Å². The summed E-state index contributed by atoms with van der Waals surface area (Å²) in [5.41, 5.74) is 2.48. The van der Waals surface area contributed by atoms with E-state index in [0.29, 0.717) is 12.5 Å². The Balaban J connectivity index is 0.00000119. The first-order chi connectivity index (χ1) is 15.6. The number of thiophene rings is 1. The summed E-state index contributed by atoms with van der Waals surface area (Å²) >= 11 is 1.98. The van der Waals surface area contributed by atoms with E-state index in [1.54, 1.807) is 4.88 Å². The quantitative estimate of drug-likeness (QED) is 0.716. The van der Waals surface area contributed by atoms with Gasteiger partial charge in [-0.1, -0.05) is 20.8 Å². The number of hydrogen-bond donors (Lipinski definition) is 2. The van der Waals surface area contributed by atoms with E-state index in [0.717, 1.165) is 63.9 Å². The van der Waals surface area contributed by atoms with Crippen molar-refractivity contribution in [1.29, 1.82) is 0 Å². The molecule has 174 valence electrons. The molecule has 32 heavy (non-hydrogen) atoms. The molecule has 5 rings (SSSR count).